The van der Waals surface area contributed by atoms with Crippen LogP contribution in [0, 0.1) is 0 Å². The molecule has 0 aromatic heterocycles. The first-order valence-corrected chi connectivity index (χ1v) is 3.46. The number of benzene rings is 1. The van der Waals surface area contributed by atoms with Crippen LogP contribution in [0.15, 0.2) is 12.1 Å². The minimum atomic E-state index is -1.45. The molecule has 0 heterocycles. The van der Waals surface area contributed by atoms with Gasteiger partial charge in [-0.05, 0) is 12.1 Å². The Labute approximate surface area is 94.0 Å². The van der Waals surface area contributed by atoms with E-state index in [0.717, 1.165) is 0 Å². The van der Waals surface area contributed by atoms with Gasteiger partial charge in [-0.25, -0.2) is 9.59 Å². The van der Waals surface area contributed by atoms with Crippen molar-refractivity contribution in [1.29, 1.82) is 0 Å². The van der Waals surface area contributed by atoms with Crippen molar-refractivity contribution in [1.82, 2.24) is 0 Å². The van der Waals surface area contributed by atoms with Crippen molar-refractivity contribution in [2.24, 2.45) is 0 Å². The molecule has 4 N–H and O–H groups in total. The fourth-order valence-electron chi connectivity index (χ4n) is 0.919. The van der Waals surface area contributed by atoms with Gasteiger partial charge < -0.3 is 20.4 Å². The van der Waals surface area contributed by atoms with Gasteiger partial charge in [0.1, 0.15) is 22.6 Å². The van der Waals surface area contributed by atoms with E-state index in [4.69, 9.17) is 20.4 Å². The smallest absolute Gasteiger partial charge is 0.339 e. The Morgan fingerprint density at radius 2 is 1.13 bits per heavy atom. The van der Waals surface area contributed by atoms with Gasteiger partial charge in [0.25, 0.3) is 0 Å². The van der Waals surface area contributed by atoms with Crippen molar-refractivity contribution < 1.29 is 46.8 Å². The standard InChI is InChI=1S/C8H6O6.Co/c9-5-1-3(7(11)12)6(10)2-4(5)8(13)14;/h1-2,9-10H,(H,11,12)(H,13,14);. The van der Waals surface area contributed by atoms with Gasteiger partial charge in [0.2, 0.25) is 0 Å². The first-order chi connectivity index (χ1) is 6.43. The largest absolute Gasteiger partial charge is 0.507 e. The summed E-state index contributed by atoms with van der Waals surface area (Å²) in [5.41, 5.74) is -1.10. The molecule has 1 aromatic rings. The van der Waals surface area contributed by atoms with E-state index in [0.29, 0.717) is 12.1 Å². The van der Waals surface area contributed by atoms with E-state index < -0.39 is 34.6 Å². The summed E-state index contributed by atoms with van der Waals surface area (Å²) in [5.74, 6) is -4.30. The van der Waals surface area contributed by atoms with E-state index in [1.54, 1.807) is 0 Å². The minimum absolute atomic E-state index is 0. The summed E-state index contributed by atoms with van der Waals surface area (Å²) in [6.07, 6.45) is 0. The number of hydrogen-bond acceptors (Lipinski definition) is 4. The summed E-state index contributed by atoms with van der Waals surface area (Å²) in [7, 11) is 0. The Bertz CT molecular complexity index is 374. The monoisotopic (exact) mass is 257 g/mol. The number of hydrogen-bond donors (Lipinski definition) is 4. The van der Waals surface area contributed by atoms with Crippen molar-refractivity contribution in [3.05, 3.63) is 23.3 Å². The van der Waals surface area contributed by atoms with Crippen LogP contribution in [0.2, 0.25) is 0 Å². The molecule has 15 heavy (non-hydrogen) atoms. The fraction of sp³-hybridized carbons (Fsp3) is 0. The van der Waals surface area contributed by atoms with Crippen LogP contribution in [0.5, 0.6) is 11.5 Å². The number of carboxylic acids is 2. The molecule has 1 aromatic carbocycles. The minimum Gasteiger partial charge on any atom is -0.507 e. The topological polar surface area (TPSA) is 115 Å². The summed E-state index contributed by atoms with van der Waals surface area (Å²) in [4.78, 5) is 20.9. The van der Waals surface area contributed by atoms with Crippen LogP contribution < -0.4 is 0 Å². The van der Waals surface area contributed by atoms with E-state index in [9.17, 15) is 9.59 Å². The number of carboxylic acid groups (broad SMARTS) is 2. The molecule has 0 saturated heterocycles. The van der Waals surface area contributed by atoms with Gasteiger partial charge in [-0.15, -0.1) is 0 Å². The van der Waals surface area contributed by atoms with Gasteiger partial charge >= 0.3 is 11.9 Å². The number of aromatic carboxylic acids is 2. The van der Waals surface area contributed by atoms with Crippen molar-refractivity contribution in [3.63, 3.8) is 0 Å². The number of carbonyl (C=O) groups is 2. The average molecular weight is 257 g/mol. The maximum Gasteiger partial charge on any atom is 0.339 e. The Balaban J connectivity index is 0.00000196. The molecule has 0 saturated carbocycles. The Hall–Kier alpha value is -1.73. The van der Waals surface area contributed by atoms with Crippen LogP contribution >= 0.6 is 0 Å². The molecule has 6 nitrogen and oxygen atoms in total. The van der Waals surface area contributed by atoms with E-state index in [1.807, 2.05) is 0 Å². The van der Waals surface area contributed by atoms with Gasteiger partial charge in [0.15, 0.2) is 0 Å². The third-order valence-corrected chi connectivity index (χ3v) is 1.57. The summed E-state index contributed by atoms with van der Waals surface area (Å²) in [5, 5.41) is 35.2. The van der Waals surface area contributed by atoms with Crippen LogP contribution in [0.1, 0.15) is 20.7 Å². The second-order valence-corrected chi connectivity index (χ2v) is 2.50. The van der Waals surface area contributed by atoms with Crippen molar-refractivity contribution in [2.75, 3.05) is 0 Å². The fourth-order valence-corrected chi connectivity index (χ4v) is 0.919. The second-order valence-electron chi connectivity index (χ2n) is 2.50. The van der Waals surface area contributed by atoms with Gasteiger partial charge in [0, 0.05) is 16.8 Å². The molecule has 7 heteroatoms. The molecule has 0 spiro atoms. The first-order valence-electron chi connectivity index (χ1n) is 3.46. The Kier molecular flexibility index (Phi) is 4.13. The van der Waals surface area contributed by atoms with Crippen LogP contribution in [0.25, 0.3) is 0 Å². The van der Waals surface area contributed by atoms with Crippen molar-refractivity contribution in [3.8, 4) is 11.5 Å². The zero-order valence-corrected chi connectivity index (χ0v) is 8.13. The van der Waals surface area contributed by atoms with Crippen molar-refractivity contribution in [2.45, 2.75) is 0 Å². The first kappa shape index (κ1) is 13.3. The zero-order valence-electron chi connectivity index (χ0n) is 7.09. The molecule has 0 fully saturated rings. The molecule has 1 rings (SSSR count). The predicted octanol–water partition coefficient (Wildman–Crippen LogP) is 0.492. The molecule has 0 aliphatic carbocycles. The van der Waals surface area contributed by atoms with Crippen LogP contribution in [-0.2, 0) is 16.8 Å². The Morgan fingerprint density at radius 1 is 0.867 bits per heavy atom. The van der Waals surface area contributed by atoms with Crippen LogP contribution in [-0.4, -0.2) is 32.4 Å². The quantitative estimate of drug-likeness (QED) is 0.573. The summed E-state index contributed by atoms with van der Waals surface area (Å²) in [6.45, 7) is 0. The Morgan fingerprint density at radius 3 is 1.33 bits per heavy atom. The molecule has 0 atom stereocenters. The number of rotatable bonds is 2. The molecule has 0 unspecified atom stereocenters. The summed E-state index contributed by atoms with van der Waals surface area (Å²) >= 11 is 0. The van der Waals surface area contributed by atoms with E-state index in [1.165, 1.54) is 0 Å². The SMILES string of the molecule is O=C(O)c1cc(O)c(C(=O)O)cc1O.[Co]. The predicted molar refractivity (Wildman–Crippen MR) is 43.7 cm³/mol. The van der Waals surface area contributed by atoms with Crippen LogP contribution in [0.3, 0.4) is 0 Å². The second kappa shape index (κ2) is 4.67. The normalized spacial score (nSPS) is 9.07. The molecule has 0 amide bonds. The van der Waals surface area contributed by atoms with Crippen LogP contribution in [0.4, 0.5) is 0 Å². The van der Waals surface area contributed by atoms with Gasteiger partial charge in [-0.2, -0.15) is 0 Å². The molecule has 0 aliphatic heterocycles. The maximum absolute atomic E-state index is 10.4. The number of aromatic hydroxyl groups is 2. The zero-order chi connectivity index (χ0) is 10.9. The van der Waals surface area contributed by atoms with E-state index in [-0.39, 0.29) is 16.8 Å². The van der Waals surface area contributed by atoms with Gasteiger partial charge in [-0.1, -0.05) is 0 Å². The summed E-state index contributed by atoms with van der Waals surface area (Å²) in [6, 6.07) is 1.36. The number of phenols is 2. The summed E-state index contributed by atoms with van der Waals surface area (Å²) < 4.78 is 0. The van der Waals surface area contributed by atoms with E-state index in [2.05, 4.69) is 0 Å². The van der Waals surface area contributed by atoms with Gasteiger partial charge in [0.05, 0.1) is 0 Å². The third-order valence-electron chi connectivity index (χ3n) is 1.57. The molecule has 83 valence electrons. The molecular weight excluding hydrogens is 251 g/mol. The molecule has 1 radical (unpaired) electrons. The molecular formula is C8H6CoO6. The van der Waals surface area contributed by atoms with E-state index >= 15 is 0 Å². The average Bonchev–Trinajstić information content (AvgIpc) is 2.07. The third kappa shape index (κ3) is 2.61. The molecule has 0 bridgehead atoms. The van der Waals surface area contributed by atoms with Gasteiger partial charge in [-0.3, -0.25) is 0 Å². The maximum atomic E-state index is 10.4. The molecule has 0 aliphatic rings. The van der Waals surface area contributed by atoms with Crippen molar-refractivity contribution >= 4 is 11.9 Å².